The smallest absolute Gasteiger partial charge is 0.319 e. The number of esters is 1. The first-order chi connectivity index (χ1) is 16.7. The topological polar surface area (TPSA) is 94.3 Å². The highest BCUT2D eigenvalue weighted by Crippen LogP contribution is 2.33. The number of nitrogens with one attached hydrogen (secondary N) is 1. The fourth-order valence-corrected chi connectivity index (χ4v) is 4.20. The molecule has 35 heavy (non-hydrogen) atoms. The van der Waals surface area contributed by atoms with Gasteiger partial charge in [-0.2, -0.15) is 0 Å². The molecule has 1 atom stereocenters. The lowest BCUT2D eigenvalue weighted by Crippen LogP contribution is -2.34. The summed E-state index contributed by atoms with van der Waals surface area (Å²) in [5.41, 5.74) is 12.2. The third-order valence-corrected chi connectivity index (χ3v) is 5.76. The molecule has 0 bridgehead atoms. The molecule has 1 aliphatic carbocycles. The van der Waals surface area contributed by atoms with Crippen LogP contribution in [-0.4, -0.2) is 23.0 Å². The normalized spacial score (nSPS) is 14.4. The quantitative estimate of drug-likeness (QED) is 0.254. The Morgan fingerprint density at radius 2 is 1.97 bits per heavy atom. The maximum Gasteiger partial charge on any atom is 0.319 e. The first kappa shape index (κ1) is 26.2. The number of hydrogen-bond acceptors (Lipinski definition) is 5. The van der Waals surface area contributed by atoms with E-state index in [-0.39, 0.29) is 12.5 Å². The van der Waals surface area contributed by atoms with Gasteiger partial charge >= 0.3 is 5.97 Å². The lowest BCUT2D eigenvalue weighted by Gasteiger charge is -2.16. The second-order valence-electron chi connectivity index (χ2n) is 8.89. The van der Waals surface area contributed by atoms with Gasteiger partial charge in [-0.1, -0.05) is 42.5 Å². The second kappa shape index (κ2) is 11.8. The molecule has 7 heteroatoms. The highest BCUT2D eigenvalue weighted by atomic mass is 35.5. The van der Waals surface area contributed by atoms with Gasteiger partial charge in [0.05, 0.1) is 11.8 Å². The number of nitrogens with zero attached hydrogens (tertiary/aromatic N) is 1. The largest absolute Gasteiger partial charge is 0.462 e. The number of hydrogen-bond donors (Lipinski definition) is 2. The van der Waals surface area contributed by atoms with Crippen molar-refractivity contribution in [3.05, 3.63) is 82.7 Å². The lowest BCUT2D eigenvalue weighted by molar-refractivity contribution is -0.155. The number of halogens is 1. The minimum Gasteiger partial charge on any atom is -0.462 e. The number of anilines is 2. The predicted octanol–water partition coefficient (Wildman–Crippen LogP) is 5.62. The van der Waals surface area contributed by atoms with Crippen molar-refractivity contribution >= 4 is 40.4 Å². The molecule has 6 nitrogen and oxygen atoms in total. The number of primary amides is 1. The van der Waals surface area contributed by atoms with Crippen LogP contribution >= 0.6 is 11.6 Å². The van der Waals surface area contributed by atoms with Crippen LogP contribution < -0.4 is 11.1 Å². The van der Waals surface area contributed by atoms with Crippen LogP contribution in [-0.2, 0) is 33.6 Å². The van der Waals surface area contributed by atoms with Crippen molar-refractivity contribution in [1.82, 2.24) is 4.98 Å². The predicted molar refractivity (Wildman–Crippen MR) is 141 cm³/mol. The Morgan fingerprint density at radius 3 is 2.57 bits per heavy atom. The van der Waals surface area contributed by atoms with Crippen LogP contribution in [0.2, 0.25) is 0 Å². The molecule has 0 fully saturated rings. The van der Waals surface area contributed by atoms with E-state index < -0.39 is 17.8 Å². The van der Waals surface area contributed by atoms with Crippen LogP contribution in [0.3, 0.4) is 0 Å². The molecule has 0 saturated heterocycles. The van der Waals surface area contributed by atoms with Crippen LogP contribution in [0.25, 0.3) is 5.57 Å². The van der Waals surface area contributed by atoms with Crippen molar-refractivity contribution in [3.8, 4) is 0 Å². The molecule has 0 radical (unpaired) electrons. The fourth-order valence-electron chi connectivity index (χ4n) is 4.08. The van der Waals surface area contributed by atoms with Gasteiger partial charge < -0.3 is 15.8 Å². The number of carbonyl (C=O) groups is 2. The summed E-state index contributed by atoms with van der Waals surface area (Å²) < 4.78 is 5.18. The maximum atomic E-state index is 12.3. The first-order valence-electron chi connectivity index (χ1n) is 11.7. The van der Waals surface area contributed by atoms with E-state index in [1.165, 1.54) is 5.56 Å². The summed E-state index contributed by atoms with van der Waals surface area (Å²) in [6, 6.07) is 9.64. The fraction of sp³-hybridized carbons (Fsp3) is 0.321. The number of pyridine rings is 1. The van der Waals surface area contributed by atoms with Crippen molar-refractivity contribution in [2.75, 3.05) is 5.32 Å². The summed E-state index contributed by atoms with van der Waals surface area (Å²) in [5.74, 6) is -2.31. The Hall–Kier alpha value is -3.38. The molecule has 1 aliphatic rings. The summed E-state index contributed by atoms with van der Waals surface area (Å²) in [6.45, 7) is 9.12. The van der Waals surface area contributed by atoms with E-state index in [4.69, 9.17) is 27.1 Å². The number of allylic oxidation sites excluding steroid dienone is 5. The summed E-state index contributed by atoms with van der Waals surface area (Å²) in [4.78, 5) is 29.0. The summed E-state index contributed by atoms with van der Waals surface area (Å²) >= 11 is 6.14. The van der Waals surface area contributed by atoms with Crippen molar-refractivity contribution in [3.63, 3.8) is 0 Å². The van der Waals surface area contributed by atoms with Gasteiger partial charge in [0.1, 0.15) is 5.92 Å². The monoisotopic (exact) mass is 493 g/mol. The zero-order valence-corrected chi connectivity index (χ0v) is 21.2. The first-order valence-corrected chi connectivity index (χ1v) is 12.1. The highest BCUT2D eigenvalue weighted by molar-refractivity contribution is 6.29. The average molecular weight is 494 g/mol. The Morgan fingerprint density at radius 1 is 1.26 bits per heavy atom. The van der Waals surface area contributed by atoms with Gasteiger partial charge in [0.15, 0.2) is 0 Å². The van der Waals surface area contributed by atoms with Crippen molar-refractivity contribution in [2.24, 2.45) is 11.7 Å². The molecule has 1 aromatic heterocycles. The number of aryl methyl sites for hydroxylation is 1. The van der Waals surface area contributed by atoms with E-state index >= 15 is 0 Å². The van der Waals surface area contributed by atoms with Gasteiger partial charge in [0.2, 0.25) is 5.91 Å². The van der Waals surface area contributed by atoms with Gasteiger partial charge in [0.25, 0.3) is 0 Å². The van der Waals surface area contributed by atoms with Crippen molar-refractivity contribution in [2.45, 2.75) is 52.6 Å². The molecule has 2 aromatic rings. The molecule has 1 heterocycles. The average Bonchev–Trinajstić information content (AvgIpc) is 3.26. The number of fused-ring (bicyclic) bond motifs is 1. The van der Waals surface area contributed by atoms with Gasteiger partial charge in [0, 0.05) is 27.7 Å². The van der Waals surface area contributed by atoms with E-state index in [1.54, 1.807) is 19.9 Å². The molecule has 1 unspecified atom stereocenters. The Labute approximate surface area is 211 Å². The van der Waals surface area contributed by atoms with E-state index in [1.807, 2.05) is 49.4 Å². The van der Waals surface area contributed by atoms with Crippen molar-refractivity contribution in [1.29, 1.82) is 0 Å². The van der Waals surface area contributed by atoms with Crippen LogP contribution in [0.5, 0.6) is 0 Å². The van der Waals surface area contributed by atoms with E-state index in [0.717, 1.165) is 53.2 Å². The minimum absolute atomic E-state index is 0.190. The second-order valence-corrected chi connectivity index (χ2v) is 9.49. The molecule has 0 saturated carbocycles. The number of carbonyl (C=O) groups excluding carboxylic acids is 2. The highest BCUT2D eigenvalue weighted by Gasteiger charge is 2.27. The lowest BCUT2D eigenvalue weighted by atomic mass is 9.98. The molecular weight excluding hydrogens is 462 g/mol. The Balaban J connectivity index is 1.84. The standard InChI is InChI=1S/C28H32ClN3O3/c1-5-7-20(14-18(4)29)25-16-26(22-8-6-9-24(22)32-25)31-21-12-10-19(11-13-21)15-23(27(30)33)28(34)35-17(2)3/h5,7,10-14,16-17,23H,1,6,8-9,15H2,2-4H3,(H2,30,33)(H,31,32)/b18-14+,20-7+. The Bertz CT molecular complexity index is 1160. The molecule has 184 valence electrons. The third-order valence-electron chi connectivity index (χ3n) is 5.65. The third kappa shape index (κ3) is 7.06. The number of aromatic nitrogens is 1. The SMILES string of the molecule is C=C/C=C(\C=C(/C)Cl)c1cc(Nc2ccc(CC(C(N)=O)C(=O)OC(C)C)cc2)c2c(n1)CCC2. The summed E-state index contributed by atoms with van der Waals surface area (Å²) in [6.07, 6.45) is 8.34. The van der Waals surface area contributed by atoms with Crippen LogP contribution in [0.15, 0.2) is 60.2 Å². The number of rotatable bonds is 10. The van der Waals surface area contributed by atoms with Crippen LogP contribution in [0.4, 0.5) is 11.4 Å². The number of benzene rings is 1. The van der Waals surface area contributed by atoms with Gasteiger partial charge in [-0.3, -0.25) is 14.6 Å². The van der Waals surface area contributed by atoms with Crippen LogP contribution in [0, 0.1) is 5.92 Å². The van der Waals surface area contributed by atoms with Gasteiger partial charge in [-0.05, 0) is 81.9 Å². The molecule has 0 spiro atoms. The zero-order valence-electron chi connectivity index (χ0n) is 20.4. The van der Waals surface area contributed by atoms with Crippen molar-refractivity contribution < 1.29 is 14.3 Å². The van der Waals surface area contributed by atoms with E-state index in [9.17, 15) is 9.59 Å². The number of ether oxygens (including phenoxy) is 1. The molecule has 3 N–H and O–H groups in total. The molecule has 0 aliphatic heterocycles. The minimum atomic E-state index is -1.02. The molecule has 1 amide bonds. The summed E-state index contributed by atoms with van der Waals surface area (Å²) in [7, 11) is 0. The Kier molecular flexibility index (Phi) is 8.88. The van der Waals surface area contributed by atoms with Gasteiger partial charge in [-0.15, -0.1) is 0 Å². The molecule has 3 rings (SSSR count). The van der Waals surface area contributed by atoms with E-state index in [2.05, 4.69) is 11.9 Å². The molecule has 1 aromatic carbocycles. The number of nitrogens with two attached hydrogens (primary N) is 1. The van der Waals surface area contributed by atoms with E-state index in [0.29, 0.717) is 5.03 Å². The molecular formula is C28H32ClN3O3. The van der Waals surface area contributed by atoms with Gasteiger partial charge in [-0.25, -0.2) is 0 Å². The zero-order chi connectivity index (χ0) is 25.5. The maximum absolute atomic E-state index is 12.3. The van der Waals surface area contributed by atoms with Crippen LogP contribution in [0.1, 0.15) is 49.7 Å². The number of amides is 1. The summed E-state index contributed by atoms with van der Waals surface area (Å²) in [5, 5.41) is 4.18.